The lowest BCUT2D eigenvalue weighted by atomic mass is 9.95. The lowest BCUT2D eigenvalue weighted by Crippen LogP contribution is -2.27. The smallest absolute Gasteiger partial charge is 0.170 e. The van der Waals surface area contributed by atoms with Crippen LogP contribution in [0.4, 0.5) is 0 Å². The molecule has 1 aliphatic rings. The molecule has 0 radical (unpaired) electrons. The van der Waals surface area contributed by atoms with Crippen molar-refractivity contribution in [2.24, 2.45) is 0 Å². The third kappa shape index (κ3) is 3.41. The van der Waals surface area contributed by atoms with Gasteiger partial charge in [0.2, 0.25) is 0 Å². The molecule has 4 heteroatoms. The van der Waals surface area contributed by atoms with Gasteiger partial charge in [-0.15, -0.1) is 0 Å². The zero-order valence-corrected chi connectivity index (χ0v) is 14.5. The third-order valence-electron chi connectivity index (χ3n) is 4.11. The maximum atomic E-state index is 12.8. The predicted octanol–water partition coefficient (Wildman–Crippen LogP) is 4.18. The number of hydrogen-bond acceptors (Lipinski definition) is 4. The van der Waals surface area contributed by atoms with Crippen molar-refractivity contribution in [3.63, 3.8) is 0 Å². The average molecular weight is 333 g/mol. The number of rotatable bonds is 4. The highest BCUT2D eigenvalue weighted by Crippen LogP contribution is 2.39. The molecule has 0 aliphatic carbocycles. The minimum absolute atomic E-state index is 0.0621. The van der Waals surface area contributed by atoms with E-state index in [1.807, 2.05) is 38.1 Å². The van der Waals surface area contributed by atoms with Crippen LogP contribution in [0.1, 0.15) is 40.9 Å². The van der Waals surface area contributed by atoms with E-state index in [1.165, 1.54) is 0 Å². The first-order chi connectivity index (χ1) is 11.9. The van der Waals surface area contributed by atoms with Crippen LogP contribution in [0.15, 0.2) is 42.5 Å². The summed E-state index contributed by atoms with van der Waals surface area (Å²) in [6, 6.07) is 12.7. The monoisotopic (exact) mass is 333 g/mol. The summed E-state index contributed by atoms with van der Waals surface area (Å²) in [5, 5.41) is 8.99. The summed E-state index contributed by atoms with van der Waals surface area (Å²) in [4.78, 5) is 12.8. The van der Waals surface area contributed by atoms with Crippen molar-refractivity contribution in [3.05, 3.63) is 64.7 Å². The summed E-state index contributed by atoms with van der Waals surface area (Å²) < 4.78 is 11.4. The molecular formula is C21H19NO3. The molecule has 0 saturated heterocycles. The molecule has 0 aromatic heterocycles. The number of ketones is 1. The molecule has 0 atom stereocenters. The predicted molar refractivity (Wildman–Crippen MR) is 95.9 cm³/mol. The summed E-state index contributed by atoms with van der Waals surface area (Å²) in [6.07, 6.45) is 4.09. The van der Waals surface area contributed by atoms with Crippen LogP contribution in [0.5, 0.6) is 11.5 Å². The molecule has 0 fully saturated rings. The Morgan fingerprint density at radius 3 is 2.80 bits per heavy atom. The van der Waals surface area contributed by atoms with E-state index in [1.54, 1.807) is 31.4 Å². The van der Waals surface area contributed by atoms with E-state index in [4.69, 9.17) is 14.7 Å². The molecule has 3 rings (SSSR count). The van der Waals surface area contributed by atoms with Gasteiger partial charge in [-0.3, -0.25) is 4.79 Å². The highest BCUT2D eigenvalue weighted by atomic mass is 16.5. The van der Waals surface area contributed by atoms with E-state index in [0.717, 1.165) is 11.1 Å². The second-order valence-corrected chi connectivity index (χ2v) is 6.51. The molecule has 1 heterocycles. The van der Waals surface area contributed by atoms with Gasteiger partial charge >= 0.3 is 0 Å². The second-order valence-electron chi connectivity index (χ2n) is 6.51. The maximum absolute atomic E-state index is 12.8. The Morgan fingerprint density at radius 1 is 1.28 bits per heavy atom. The van der Waals surface area contributed by atoms with Gasteiger partial charge in [0, 0.05) is 6.42 Å². The fourth-order valence-electron chi connectivity index (χ4n) is 2.90. The van der Waals surface area contributed by atoms with Gasteiger partial charge in [0.25, 0.3) is 0 Å². The molecule has 0 bridgehead atoms. The van der Waals surface area contributed by atoms with E-state index in [9.17, 15) is 4.79 Å². The fourth-order valence-corrected chi connectivity index (χ4v) is 2.90. The molecule has 25 heavy (non-hydrogen) atoms. The number of carbonyl (C=O) groups excluding carboxylic acids is 1. The lowest BCUT2D eigenvalue weighted by molar-refractivity contribution is 0.0989. The standard InChI is InChI=1S/C21H19NO3/c1-21(2)10-9-17-19(25-21)8-7-16(20(17)24-3)18(23)12-14-5-4-6-15(11-14)13-22/h4-11H,12H2,1-3H3. The number of hydrogen-bond donors (Lipinski definition) is 0. The average Bonchev–Trinajstić information content (AvgIpc) is 2.59. The molecular weight excluding hydrogens is 314 g/mol. The first-order valence-corrected chi connectivity index (χ1v) is 8.05. The van der Waals surface area contributed by atoms with Crippen LogP contribution < -0.4 is 9.47 Å². The summed E-state index contributed by atoms with van der Waals surface area (Å²) in [6.45, 7) is 3.94. The number of methoxy groups -OCH3 is 1. The summed E-state index contributed by atoms with van der Waals surface area (Å²) >= 11 is 0. The van der Waals surface area contributed by atoms with Crippen LogP contribution in [-0.4, -0.2) is 18.5 Å². The molecule has 126 valence electrons. The largest absolute Gasteiger partial charge is 0.495 e. The van der Waals surface area contributed by atoms with E-state index < -0.39 is 0 Å². The fraction of sp³-hybridized carbons (Fsp3) is 0.238. The maximum Gasteiger partial charge on any atom is 0.170 e. The molecule has 0 spiro atoms. The zero-order chi connectivity index (χ0) is 18.0. The Morgan fingerprint density at radius 2 is 2.08 bits per heavy atom. The quantitative estimate of drug-likeness (QED) is 0.788. The van der Waals surface area contributed by atoms with Crippen molar-refractivity contribution in [1.29, 1.82) is 5.26 Å². The minimum Gasteiger partial charge on any atom is -0.495 e. The Kier molecular flexibility index (Phi) is 4.33. The van der Waals surface area contributed by atoms with E-state index in [0.29, 0.717) is 22.6 Å². The van der Waals surface area contributed by atoms with E-state index in [-0.39, 0.29) is 17.8 Å². The SMILES string of the molecule is COc1c(C(=O)Cc2cccc(C#N)c2)ccc2c1C=CC(C)(C)O2. The molecule has 4 nitrogen and oxygen atoms in total. The van der Waals surface area contributed by atoms with Gasteiger partial charge in [-0.05, 0) is 55.8 Å². The van der Waals surface area contributed by atoms with E-state index >= 15 is 0 Å². The Balaban J connectivity index is 1.95. The lowest BCUT2D eigenvalue weighted by Gasteiger charge is -2.29. The number of fused-ring (bicyclic) bond motifs is 1. The highest BCUT2D eigenvalue weighted by Gasteiger charge is 2.26. The van der Waals surface area contributed by atoms with Crippen molar-refractivity contribution < 1.29 is 14.3 Å². The van der Waals surface area contributed by atoms with Gasteiger partial charge in [-0.2, -0.15) is 5.26 Å². The van der Waals surface area contributed by atoms with Crippen molar-refractivity contribution in [3.8, 4) is 17.6 Å². The Hall–Kier alpha value is -3.06. The van der Waals surface area contributed by atoms with Gasteiger partial charge in [0.05, 0.1) is 29.9 Å². The van der Waals surface area contributed by atoms with Crippen LogP contribution in [0, 0.1) is 11.3 Å². The van der Waals surface area contributed by atoms with Crippen molar-refractivity contribution in [2.75, 3.05) is 7.11 Å². The van der Waals surface area contributed by atoms with Gasteiger partial charge in [0.1, 0.15) is 17.1 Å². The van der Waals surface area contributed by atoms with Crippen molar-refractivity contribution in [1.82, 2.24) is 0 Å². The topological polar surface area (TPSA) is 59.3 Å². The number of benzene rings is 2. The zero-order valence-electron chi connectivity index (χ0n) is 14.5. The number of nitrogens with zero attached hydrogens (tertiary/aromatic N) is 1. The molecule has 0 unspecified atom stereocenters. The van der Waals surface area contributed by atoms with Crippen LogP contribution in [-0.2, 0) is 6.42 Å². The third-order valence-corrected chi connectivity index (χ3v) is 4.11. The van der Waals surface area contributed by atoms with Gasteiger partial charge < -0.3 is 9.47 Å². The minimum atomic E-state index is -0.388. The Labute approximate surface area is 147 Å². The number of Topliss-reactive ketones (excluding diaryl/α,β-unsaturated/α-hetero) is 1. The molecule has 2 aromatic carbocycles. The molecule has 0 amide bonds. The second kappa shape index (κ2) is 6.45. The molecule has 0 saturated carbocycles. The van der Waals surface area contributed by atoms with Gasteiger partial charge in [0.15, 0.2) is 5.78 Å². The van der Waals surface area contributed by atoms with Crippen LogP contribution >= 0.6 is 0 Å². The van der Waals surface area contributed by atoms with Crippen LogP contribution in [0.2, 0.25) is 0 Å². The normalized spacial score (nSPS) is 14.2. The Bertz CT molecular complexity index is 904. The summed E-state index contributed by atoms with van der Waals surface area (Å²) in [7, 11) is 1.55. The van der Waals surface area contributed by atoms with Crippen LogP contribution in [0.25, 0.3) is 6.08 Å². The van der Waals surface area contributed by atoms with Gasteiger partial charge in [-0.25, -0.2) is 0 Å². The highest BCUT2D eigenvalue weighted by molar-refractivity contribution is 6.01. The first kappa shape index (κ1) is 16.8. The number of carbonyl (C=O) groups is 1. The summed E-state index contributed by atoms with van der Waals surface area (Å²) in [5.74, 6) is 1.16. The molecule has 0 N–H and O–H groups in total. The summed E-state index contributed by atoms with van der Waals surface area (Å²) in [5.41, 5.74) is 2.24. The van der Waals surface area contributed by atoms with Crippen molar-refractivity contribution >= 4 is 11.9 Å². The number of ether oxygens (including phenoxy) is 2. The van der Waals surface area contributed by atoms with Crippen molar-refractivity contribution in [2.45, 2.75) is 25.9 Å². The molecule has 1 aliphatic heterocycles. The first-order valence-electron chi connectivity index (χ1n) is 8.05. The van der Waals surface area contributed by atoms with Gasteiger partial charge in [-0.1, -0.05) is 12.1 Å². The van der Waals surface area contributed by atoms with E-state index in [2.05, 4.69) is 6.07 Å². The van der Waals surface area contributed by atoms with Crippen LogP contribution in [0.3, 0.4) is 0 Å². The number of nitriles is 1. The molecule has 2 aromatic rings.